The number of amides is 2. The highest BCUT2D eigenvalue weighted by molar-refractivity contribution is 5.99. The van der Waals surface area contributed by atoms with E-state index in [0.717, 1.165) is 13.1 Å². The lowest BCUT2D eigenvalue weighted by Gasteiger charge is -2.27. The summed E-state index contributed by atoms with van der Waals surface area (Å²) < 4.78 is 0. The molecule has 6 nitrogen and oxygen atoms in total. The van der Waals surface area contributed by atoms with Gasteiger partial charge >= 0.3 is 0 Å². The molecule has 102 valence electrons. The van der Waals surface area contributed by atoms with Crippen molar-refractivity contribution in [2.24, 2.45) is 0 Å². The Morgan fingerprint density at radius 3 is 2.63 bits per heavy atom. The van der Waals surface area contributed by atoms with Gasteiger partial charge in [-0.15, -0.1) is 0 Å². The fourth-order valence-corrected chi connectivity index (χ4v) is 2.03. The number of piperazine rings is 1. The molecule has 0 radical (unpaired) electrons. The zero-order valence-electron chi connectivity index (χ0n) is 10.8. The van der Waals surface area contributed by atoms with Crippen LogP contribution in [0.1, 0.15) is 17.3 Å². The highest BCUT2D eigenvalue weighted by Crippen LogP contribution is 2.23. The van der Waals surface area contributed by atoms with Crippen LogP contribution in [0.15, 0.2) is 18.2 Å². The van der Waals surface area contributed by atoms with E-state index in [2.05, 4.69) is 10.6 Å². The van der Waals surface area contributed by atoms with Gasteiger partial charge in [0.1, 0.15) is 5.75 Å². The van der Waals surface area contributed by atoms with Crippen LogP contribution in [0.4, 0.5) is 5.69 Å². The maximum Gasteiger partial charge on any atom is 0.257 e. The standard InChI is InChI=1S/C13H17N3O3/c1-9(17)15-10-2-3-12(18)11(8-10)13(19)16-6-4-14-5-7-16/h2-3,8,14,18H,4-7H2,1H3,(H,15,17). The van der Waals surface area contributed by atoms with E-state index < -0.39 is 0 Å². The monoisotopic (exact) mass is 263 g/mol. The summed E-state index contributed by atoms with van der Waals surface area (Å²) >= 11 is 0. The molecule has 0 aliphatic carbocycles. The molecule has 1 fully saturated rings. The van der Waals surface area contributed by atoms with Gasteiger partial charge < -0.3 is 20.6 Å². The molecule has 1 aromatic rings. The summed E-state index contributed by atoms with van der Waals surface area (Å²) in [5, 5.41) is 15.6. The number of phenolic OH excluding ortho intramolecular Hbond substituents is 1. The second kappa shape index (κ2) is 5.71. The van der Waals surface area contributed by atoms with Gasteiger partial charge in [-0.1, -0.05) is 0 Å². The molecule has 3 N–H and O–H groups in total. The molecule has 1 heterocycles. The number of carbonyl (C=O) groups excluding carboxylic acids is 2. The number of carbonyl (C=O) groups is 2. The average Bonchev–Trinajstić information content (AvgIpc) is 2.40. The largest absolute Gasteiger partial charge is 0.507 e. The topological polar surface area (TPSA) is 81.7 Å². The summed E-state index contributed by atoms with van der Waals surface area (Å²) in [6.45, 7) is 4.12. The molecule has 1 aromatic carbocycles. The van der Waals surface area contributed by atoms with E-state index in [1.54, 1.807) is 11.0 Å². The van der Waals surface area contributed by atoms with Crippen molar-refractivity contribution in [1.82, 2.24) is 10.2 Å². The summed E-state index contributed by atoms with van der Waals surface area (Å²) in [5.41, 5.74) is 0.719. The molecule has 0 saturated carbocycles. The number of aromatic hydroxyl groups is 1. The first-order chi connectivity index (χ1) is 9.08. The van der Waals surface area contributed by atoms with Crippen molar-refractivity contribution in [1.29, 1.82) is 0 Å². The first-order valence-electron chi connectivity index (χ1n) is 6.18. The summed E-state index contributed by atoms with van der Waals surface area (Å²) in [7, 11) is 0. The Morgan fingerprint density at radius 1 is 1.32 bits per heavy atom. The lowest BCUT2D eigenvalue weighted by Crippen LogP contribution is -2.46. The average molecular weight is 263 g/mol. The molecule has 2 rings (SSSR count). The number of phenols is 1. The van der Waals surface area contributed by atoms with Gasteiger partial charge in [-0.05, 0) is 18.2 Å². The number of anilines is 1. The minimum absolute atomic E-state index is 0.0716. The Balaban J connectivity index is 2.21. The number of benzene rings is 1. The second-order valence-electron chi connectivity index (χ2n) is 4.46. The Morgan fingerprint density at radius 2 is 2.00 bits per heavy atom. The smallest absolute Gasteiger partial charge is 0.257 e. The van der Waals surface area contributed by atoms with E-state index in [9.17, 15) is 14.7 Å². The SMILES string of the molecule is CC(=O)Nc1ccc(O)c(C(=O)N2CCNCC2)c1. The van der Waals surface area contributed by atoms with Gasteiger partial charge in [0.2, 0.25) is 5.91 Å². The third-order valence-electron chi connectivity index (χ3n) is 2.95. The van der Waals surface area contributed by atoms with E-state index in [-0.39, 0.29) is 23.1 Å². The number of hydrogen-bond donors (Lipinski definition) is 3. The van der Waals surface area contributed by atoms with Crippen molar-refractivity contribution >= 4 is 17.5 Å². The molecule has 1 aliphatic rings. The Bertz CT molecular complexity index is 496. The molecule has 0 spiro atoms. The normalized spacial score (nSPS) is 15.1. The Labute approximate surface area is 111 Å². The van der Waals surface area contributed by atoms with Crippen LogP contribution in [0.25, 0.3) is 0 Å². The minimum Gasteiger partial charge on any atom is -0.507 e. The van der Waals surface area contributed by atoms with Gasteiger partial charge in [-0.3, -0.25) is 9.59 Å². The highest BCUT2D eigenvalue weighted by Gasteiger charge is 2.21. The number of nitrogens with zero attached hydrogens (tertiary/aromatic N) is 1. The van der Waals surface area contributed by atoms with Crippen molar-refractivity contribution in [3.05, 3.63) is 23.8 Å². The molecule has 0 bridgehead atoms. The van der Waals surface area contributed by atoms with Gasteiger partial charge in [0.25, 0.3) is 5.91 Å². The minimum atomic E-state index is -0.216. The molecule has 6 heteroatoms. The van der Waals surface area contributed by atoms with Crippen LogP contribution >= 0.6 is 0 Å². The van der Waals surface area contributed by atoms with Crippen molar-refractivity contribution in [3.63, 3.8) is 0 Å². The highest BCUT2D eigenvalue weighted by atomic mass is 16.3. The zero-order chi connectivity index (χ0) is 13.8. The van der Waals surface area contributed by atoms with Crippen LogP contribution in [0.5, 0.6) is 5.75 Å². The third-order valence-corrected chi connectivity index (χ3v) is 2.95. The van der Waals surface area contributed by atoms with E-state index in [1.165, 1.54) is 19.1 Å². The van der Waals surface area contributed by atoms with E-state index in [0.29, 0.717) is 18.8 Å². The van der Waals surface area contributed by atoms with Gasteiger partial charge in [0.05, 0.1) is 5.56 Å². The maximum atomic E-state index is 12.3. The Hall–Kier alpha value is -2.08. The zero-order valence-corrected chi connectivity index (χ0v) is 10.8. The second-order valence-corrected chi connectivity index (χ2v) is 4.46. The van der Waals surface area contributed by atoms with Crippen LogP contribution in [0, 0.1) is 0 Å². The van der Waals surface area contributed by atoms with Crippen LogP contribution < -0.4 is 10.6 Å². The number of hydrogen-bond acceptors (Lipinski definition) is 4. The predicted octanol–water partition coefficient (Wildman–Crippen LogP) is 0.396. The van der Waals surface area contributed by atoms with Gasteiger partial charge in [-0.2, -0.15) is 0 Å². The van der Waals surface area contributed by atoms with Crippen LogP contribution in [0.2, 0.25) is 0 Å². The molecule has 1 saturated heterocycles. The van der Waals surface area contributed by atoms with Gasteiger partial charge in [0.15, 0.2) is 0 Å². The van der Waals surface area contributed by atoms with Crippen molar-refractivity contribution < 1.29 is 14.7 Å². The fraction of sp³-hybridized carbons (Fsp3) is 0.385. The van der Waals surface area contributed by atoms with Crippen LogP contribution in [-0.2, 0) is 4.79 Å². The number of nitrogens with one attached hydrogen (secondary N) is 2. The molecule has 0 aromatic heterocycles. The van der Waals surface area contributed by atoms with Gasteiger partial charge in [-0.25, -0.2) is 0 Å². The Kier molecular flexibility index (Phi) is 4.01. The lowest BCUT2D eigenvalue weighted by atomic mass is 10.1. The molecular weight excluding hydrogens is 246 g/mol. The van der Waals surface area contributed by atoms with E-state index in [4.69, 9.17) is 0 Å². The summed E-state index contributed by atoms with van der Waals surface area (Å²) in [4.78, 5) is 25.0. The fourth-order valence-electron chi connectivity index (χ4n) is 2.03. The van der Waals surface area contributed by atoms with Crippen molar-refractivity contribution in [2.45, 2.75) is 6.92 Å². The summed E-state index contributed by atoms with van der Waals surface area (Å²) in [5.74, 6) is -0.505. The van der Waals surface area contributed by atoms with Crippen LogP contribution in [0.3, 0.4) is 0 Å². The van der Waals surface area contributed by atoms with Crippen LogP contribution in [-0.4, -0.2) is 48.0 Å². The van der Waals surface area contributed by atoms with Crippen molar-refractivity contribution in [3.8, 4) is 5.75 Å². The molecule has 2 amide bonds. The van der Waals surface area contributed by atoms with Gasteiger partial charge in [0, 0.05) is 38.8 Å². The molecule has 19 heavy (non-hydrogen) atoms. The molecule has 0 atom stereocenters. The van der Waals surface area contributed by atoms with E-state index >= 15 is 0 Å². The lowest BCUT2D eigenvalue weighted by molar-refractivity contribution is -0.114. The molecule has 0 unspecified atom stereocenters. The summed E-state index contributed by atoms with van der Waals surface area (Å²) in [6.07, 6.45) is 0. The number of rotatable bonds is 2. The first kappa shape index (κ1) is 13.4. The first-order valence-corrected chi connectivity index (χ1v) is 6.18. The third kappa shape index (κ3) is 3.23. The molecular formula is C13H17N3O3. The quantitative estimate of drug-likeness (QED) is 0.674. The maximum absolute atomic E-state index is 12.3. The summed E-state index contributed by atoms with van der Waals surface area (Å²) in [6, 6.07) is 4.48. The molecule has 1 aliphatic heterocycles. The predicted molar refractivity (Wildman–Crippen MR) is 71.2 cm³/mol. The van der Waals surface area contributed by atoms with E-state index in [1.807, 2.05) is 0 Å². The van der Waals surface area contributed by atoms with Crippen molar-refractivity contribution in [2.75, 3.05) is 31.5 Å².